The van der Waals surface area contributed by atoms with Crippen molar-refractivity contribution >= 4 is 50.2 Å². The predicted molar refractivity (Wildman–Crippen MR) is 127 cm³/mol. The highest BCUT2D eigenvalue weighted by atomic mass is 16.7. The number of aromatic nitrogens is 2. The normalized spacial score (nSPS) is 12.2. The molecule has 7 heteroatoms. The van der Waals surface area contributed by atoms with E-state index < -0.39 is 0 Å². The van der Waals surface area contributed by atoms with E-state index in [2.05, 4.69) is 20.6 Å². The largest absolute Gasteiger partial charge is 0.454 e. The minimum absolute atomic E-state index is 0.246. The van der Waals surface area contributed by atoms with Crippen LogP contribution in [0.3, 0.4) is 0 Å². The van der Waals surface area contributed by atoms with Crippen LogP contribution in [0, 0.1) is 0 Å². The smallest absolute Gasteiger partial charge is 0.231 e. The van der Waals surface area contributed by atoms with Crippen molar-refractivity contribution in [3.05, 3.63) is 79.1 Å². The van der Waals surface area contributed by atoms with E-state index >= 15 is 0 Å². The van der Waals surface area contributed by atoms with E-state index in [9.17, 15) is 0 Å². The van der Waals surface area contributed by atoms with Crippen LogP contribution in [0.1, 0.15) is 0 Å². The summed E-state index contributed by atoms with van der Waals surface area (Å²) in [5.41, 5.74) is 10.3. The summed E-state index contributed by atoms with van der Waals surface area (Å²) in [5.74, 6) is 2.23. The van der Waals surface area contributed by atoms with E-state index in [1.807, 2.05) is 66.7 Å². The minimum atomic E-state index is 0.246. The minimum Gasteiger partial charge on any atom is -0.454 e. The van der Waals surface area contributed by atoms with E-state index in [0.717, 1.165) is 56.1 Å². The lowest BCUT2D eigenvalue weighted by Crippen LogP contribution is -1.98. The zero-order chi connectivity index (χ0) is 21.5. The zero-order valence-corrected chi connectivity index (χ0v) is 17.0. The van der Waals surface area contributed by atoms with Gasteiger partial charge in [-0.2, -0.15) is 0 Å². The van der Waals surface area contributed by atoms with Gasteiger partial charge in [-0.3, -0.25) is 4.98 Å². The third-order valence-electron chi connectivity index (χ3n) is 5.51. The Labute approximate surface area is 183 Å². The average Bonchev–Trinajstić information content (AvgIpc) is 3.28. The maximum atomic E-state index is 6.11. The Morgan fingerprint density at radius 1 is 0.719 bits per heavy atom. The SMILES string of the molecule is Nc1cccc2c(Nc3cccc4c(Nc5ccc6c(c5)OCO6)nccc34)ccnc12. The van der Waals surface area contributed by atoms with Crippen LogP contribution >= 0.6 is 0 Å². The fourth-order valence-corrected chi connectivity index (χ4v) is 3.98. The number of pyridine rings is 2. The number of anilines is 5. The molecular weight excluding hydrogens is 402 g/mol. The summed E-state index contributed by atoms with van der Waals surface area (Å²) in [7, 11) is 0. The molecule has 0 fully saturated rings. The van der Waals surface area contributed by atoms with Crippen molar-refractivity contribution < 1.29 is 9.47 Å². The summed E-state index contributed by atoms with van der Waals surface area (Å²) >= 11 is 0. The van der Waals surface area contributed by atoms with Crippen LogP contribution in [0.2, 0.25) is 0 Å². The molecule has 0 saturated heterocycles. The van der Waals surface area contributed by atoms with Crippen LogP contribution in [-0.2, 0) is 0 Å². The van der Waals surface area contributed by atoms with Crippen molar-refractivity contribution in [1.29, 1.82) is 0 Å². The van der Waals surface area contributed by atoms with Crippen LogP contribution in [0.15, 0.2) is 79.1 Å². The van der Waals surface area contributed by atoms with Gasteiger partial charge in [0.25, 0.3) is 0 Å². The molecule has 1 aliphatic heterocycles. The Bertz CT molecular complexity index is 1480. The van der Waals surface area contributed by atoms with E-state index in [1.165, 1.54) is 0 Å². The zero-order valence-electron chi connectivity index (χ0n) is 17.0. The Hall–Kier alpha value is -4.52. The van der Waals surface area contributed by atoms with Crippen LogP contribution in [-0.4, -0.2) is 16.8 Å². The number of nitrogens with zero attached hydrogens (tertiary/aromatic N) is 2. The molecule has 6 rings (SSSR count). The van der Waals surface area contributed by atoms with Gasteiger partial charge in [0.1, 0.15) is 5.82 Å². The van der Waals surface area contributed by atoms with Crippen molar-refractivity contribution in [2.75, 3.05) is 23.2 Å². The standard InChI is InChI=1S/C25H19N5O2/c26-19-5-1-4-18-21(10-12-27-24(18)19)30-20-6-2-3-17-16(20)9-11-28-25(17)29-15-7-8-22-23(13-15)32-14-31-22/h1-13H,14,26H2,(H,27,30)(H,28,29). The lowest BCUT2D eigenvalue weighted by atomic mass is 10.1. The van der Waals surface area contributed by atoms with E-state index in [4.69, 9.17) is 15.2 Å². The second-order valence-electron chi connectivity index (χ2n) is 7.48. The third kappa shape index (κ3) is 3.07. The molecule has 32 heavy (non-hydrogen) atoms. The second kappa shape index (κ2) is 7.31. The lowest BCUT2D eigenvalue weighted by Gasteiger charge is -2.14. The molecule has 7 nitrogen and oxygen atoms in total. The highest BCUT2D eigenvalue weighted by Gasteiger charge is 2.14. The fraction of sp³-hybridized carbons (Fsp3) is 0.0400. The van der Waals surface area contributed by atoms with Crippen LogP contribution in [0.4, 0.5) is 28.6 Å². The molecule has 0 atom stereocenters. The van der Waals surface area contributed by atoms with Gasteiger partial charge in [-0.15, -0.1) is 0 Å². The molecule has 4 N–H and O–H groups in total. The van der Waals surface area contributed by atoms with Gasteiger partial charge in [-0.25, -0.2) is 4.98 Å². The molecule has 0 radical (unpaired) electrons. The van der Waals surface area contributed by atoms with Crippen LogP contribution < -0.4 is 25.8 Å². The molecule has 3 heterocycles. The van der Waals surface area contributed by atoms with E-state index in [-0.39, 0.29) is 6.79 Å². The Morgan fingerprint density at radius 3 is 2.50 bits per heavy atom. The fourth-order valence-electron chi connectivity index (χ4n) is 3.98. The molecule has 1 aliphatic rings. The number of nitrogens with one attached hydrogen (secondary N) is 2. The first-order valence-electron chi connectivity index (χ1n) is 10.2. The Kier molecular flexibility index (Phi) is 4.18. The first-order valence-corrected chi connectivity index (χ1v) is 10.2. The van der Waals surface area contributed by atoms with Gasteiger partial charge in [0.2, 0.25) is 6.79 Å². The highest BCUT2D eigenvalue weighted by molar-refractivity contribution is 6.05. The molecule has 2 aromatic heterocycles. The van der Waals surface area contributed by atoms with Crippen LogP contribution in [0.25, 0.3) is 21.7 Å². The number of rotatable bonds is 4. The molecule has 156 valence electrons. The Morgan fingerprint density at radius 2 is 1.53 bits per heavy atom. The quantitative estimate of drug-likeness (QED) is 0.326. The van der Waals surface area contributed by atoms with Crippen molar-refractivity contribution in [2.24, 2.45) is 0 Å². The maximum Gasteiger partial charge on any atom is 0.231 e. The number of fused-ring (bicyclic) bond motifs is 3. The number of para-hydroxylation sites is 1. The summed E-state index contributed by atoms with van der Waals surface area (Å²) in [4.78, 5) is 8.99. The molecule has 0 unspecified atom stereocenters. The van der Waals surface area contributed by atoms with Gasteiger partial charge >= 0.3 is 0 Å². The average molecular weight is 421 g/mol. The molecule has 0 spiro atoms. The van der Waals surface area contributed by atoms with Crippen molar-refractivity contribution in [2.45, 2.75) is 0 Å². The van der Waals surface area contributed by atoms with Gasteiger partial charge in [0.15, 0.2) is 11.5 Å². The highest BCUT2D eigenvalue weighted by Crippen LogP contribution is 2.37. The van der Waals surface area contributed by atoms with Gasteiger partial charge in [-0.05, 0) is 36.4 Å². The molecule has 0 bridgehead atoms. The number of nitrogens with two attached hydrogens (primary N) is 1. The number of benzene rings is 3. The molecule has 5 aromatic rings. The first kappa shape index (κ1) is 18.3. The van der Waals surface area contributed by atoms with Crippen molar-refractivity contribution in [3.8, 4) is 11.5 Å². The lowest BCUT2D eigenvalue weighted by molar-refractivity contribution is 0.174. The first-order chi connectivity index (χ1) is 15.8. The van der Waals surface area contributed by atoms with Crippen molar-refractivity contribution in [1.82, 2.24) is 9.97 Å². The summed E-state index contributed by atoms with van der Waals surface area (Å²) in [5, 5.41) is 9.96. The van der Waals surface area contributed by atoms with Gasteiger partial charge in [-0.1, -0.05) is 24.3 Å². The van der Waals surface area contributed by atoms with E-state index in [1.54, 1.807) is 12.4 Å². The second-order valence-corrected chi connectivity index (χ2v) is 7.48. The molecule has 0 saturated carbocycles. The summed E-state index contributed by atoms with van der Waals surface area (Å²) in [6.07, 6.45) is 3.56. The Balaban J connectivity index is 1.39. The third-order valence-corrected chi connectivity index (χ3v) is 5.51. The number of nitrogen functional groups attached to an aromatic ring is 1. The van der Waals surface area contributed by atoms with E-state index in [0.29, 0.717) is 5.69 Å². The summed E-state index contributed by atoms with van der Waals surface area (Å²) in [6, 6.07) is 21.6. The van der Waals surface area contributed by atoms with Gasteiger partial charge < -0.3 is 25.8 Å². The number of ether oxygens (including phenoxy) is 2. The monoisotopic (exact) mass is 421 g/mol. The predicted octanol–water partition coefficient (Wildman–Crippen LogP) is 5.58. The molecule has 3 aromatic carbocycles. The van der Waals surface area contributed by atoms with Gasteiger partial charge in [0.05, 0.1) is 11.2 Å². The molecular formula is C25H19N5O2. The van der Waals surface area contributed by atoms with Crippen LogP contribution in [0.5, 0.6) is 11.5 Å². The molecule has 0 amide bonds. The maximum absolute atomic E-state index is 6.11. The number of hydrogen-bond acceptors (Lipinski definition) is 7. The molecule has 0 aliphatic carbocycles. The number of hydrogen-bond donors (Lipinski definition) is 3. The summed E-state index contributed by atoms with van der Waals surface area (Å²) < 4.78 is 10.9. The van der Waals surface area contributed by atoms with Gasteiger partial charge in [0, 0.05) is 51.7 Å². The topological polar surface area (TPSA) is 94.3 Å². The summed E-state index contributed by atoms with van der Waals surface area (Å²) in [6.45, 7) is 0.246. The van der Waals surface area contributed by atoms with Crippen molar-refractivity contribution in [3.63, 3.8) is 0 Å².